The van der Waals surface area contributed by atoms with E-state index < -0.39 is 0 Å². The summed E-state index contributed by atoms with van der Waals surface area (Å²) in [6.45, 7) is 4.24. The maximum absolute atomic E-state index is 6.17. The zero-order valence-corrected chi connectivity index (χ0v) is 13.7. The number of thioether (sulfide) groups is 1. The quantitative estimate of drug-likeness (QED) is 0.864. The smallest absolute Gasteiger partial charge is 0.0799 e. The number of nitrogen functional groups attached to an aromatic ring is 1. The van der Waals surface area contributed by atoms with Crippen LogP contribution in [0.2, 0.25) is 0 Å². The molecule has 2 heterocycles. The van der Waals surface area contributed by atoms with Crippen molar-refractivity contribution in [2.24, 2.45) is 0 Å². The van der Waals surface area contributed by atoms with Crippen LogP contribution in [0.15, 0.2) is 24.3 Å². The normalized spacial score (nSPS) is 28.9. The lowest BCUT2D eigenvalue weighted by molar-refractivity contribution is -0.0663. The molecule has 0 radical (unpaired) electrons. The minimum atomic E-state index is 0.139. The van der Waals surface area contributed by atoms with Gasteiger partial charge in [-0.15, -0.1) is 0 Å². The van der Waals surface area contributed by atoms with E-state index in [1.165, 1.54) is 23.6 Å². The molecule has 3 rings (SSSR count). The van der Waals surface area contributed by atoms with Crippen LogP contribution in [0.3, 0.4) is 0 Å². The molecule has 2 aliphatic heterocycles. The summed E-state index contributed by atoms with van der Waals surface area (Å²) in [5.74, 6) is 2.42. The van der Waals surface area contributed by atoms with Crippen LogP contribution in [0.25, 0.3) is 0 Å². The second kappa shape index (κ2) is 6.49. The van der Waals surface area contributed by atoms with Gasteiger partial charge < -0.3 is 15.4 Å². The number of nitrogens with two attached hydrogens (primary N) is 1. The first-order valence-electron chi connectivity index (χ1n) is 8.06. The molecule has 2 N–H and O–H groups in total. The van der Waals surface area contributed by atoms with E-state index in [2.05, 4.69) is 30.0 Å². The van der Waals surface area contributed by atoms with E-state index in [9.17, 15) is 0 Å². The highest BCUT2D eigenvalue weighted by Gasteiger charge is 2.42. The topological polar surface area (TPSA) is 38.5 Å². The predicted molar refractivity (Wildman–Crippen MR) is 92.1 cm³/mol. The van der Waals surface area contributed by atoms with Crippen molar-refractivity contribution >= 4 is 23.1 Å². The Morgan fingerprint density at radius 3 is 3.10 bits per heavy atom. The average molecular weight is 306 g/mol. The molecule has 0 amide bonds. The molecule has 2 fully saturated rings. The summed E-state index contributed by atoms with van der Waals surface area (Å²) in [6.07, 6.45) is 4.66. The van der Waals surface area contributed by atoms with E-state index in [1.807, 2.05) is 17.8 Å². The maximum atomic E-state index is 6.17. The first-order valence-corrected chi connectivity index (χ1v) is 9.22. The van der Waals surface area contributed by atoms with Gasteiger partial charge in [-0.25, -0.2) is 0 Å². The first-order chi connectivity index (χ1) is 10.2. The molecule has 0 aromatic heterocycles. The van der Waals surface area contributed by atoms with Crippen LogP contribution in [0.4, 0.5) is 11.4 Å². The fourth-order valence-electron chi connectivity index (χ4n) is 3.60. The van der Waals surface area contributed by atoms with Gasteiger partial charge in [-0.3, -0.25) is 0 Å². The Morgan fingerprint density at radius 2 is 2.38 bits per heavy atom. The van der Waals surface area contributed by atoms with Gasteiger partial charge in [0.1, 0.15) is 0 Å². The second-order valence-corrected chi connectivity index (χ2v) is 7.37. The monoisotopic (exact) mass is 306 g/mol. The Hall–Kier alpha value is -0.870. The van der Waals surface area contributed by atoms with Gasteiger partial charge in [-0.05, 0) is 49.6 Å². The summed E-state index contributed by atoms with van der Waals surface area (Å²) in [7, 11) is 0. The van der Waals surface area contributed by atoms with Gasteiger partial charge in [0, 0.05) is 36.3 Å². The van der Waals surface area contributed by atoms with Gasteiger partial charge in [0.2, 0.25) is 0 Å². The summed E-state index contributed by atoms with van der Waals surface area (Å²) in [5.41, 5.74) is 8.24. The highest BCUT2D eigenvalue weighted by Crippen LogP contribution is 2.40. The van der Waals surface area contributed by atoms with Crippen LogP contribution in [0.5, 0.6) is 0 Å². The Morgan fingerprint density at radius 1 is 1.48 bits per heavy atom. The molecule has 2 unspecified atom stereocenters. The van der Waals surface area contributed by atoms with Gasteiger partial charge in [-0.2, -0.15) is 11.8 Å². The fraction of sp³-hybridized carbons (Fsp3) is 0.647. The van der Waals surface area contributed by atoms with Crippen LogP contribution in [0.1, 0.15) is 32.6 Å². The summed E-state index contributed by atoms with van der Waals surface area (Å²) in [6, 6.07) is 8.92. The van der Waals surface area contributed by atoms with Crippen LogP contribution in [0, 0.1) is 0 Å². The van der Waals surface area contributed by atoms with Gasteiger partial charge >= 0.3 is 0 Å². The lowest BCUT2D eigenvalue weighted by atomic mass is 9.88. The Labute approximate surface area is 132 Å². The molecular formula is C17H26N2OS. The van der Waals surface area contributed by atoms with Gasteiger partial charge in [0.15, 0.2) is 0 Å². The van der Waals surface area contributed by atoms with E-state index in [0.29, 0.717) is 6.04 Å². The van der Waals surface area contributed by atoms with Gasteiger partial charge in [-0.1, -0.05) is 13.0 Å². The number of benzene rings is 1. The number of rotatable bonds is 4. The Balaban J connectivity index is 1.80. The molecule has 2 saturated heterocycles. The summed E-state index contributed by atoms with van der Waals surface area (Å²) >= 11 is 2.04. The van der Waals surface area contributed by atoms with Crippen molar-refractivity contribution in [1.82, 2.24) is 0 Å². The highest BCUT2D eigenvalue weighted by molar-refractivity contribution is 7.99. The van der Waals surface area contributed by atoms with Crippen LogP contribution < -0.4 is 10.6 Å². The number of hydrogen-bond acceptors (Lipinski definition) is 4. The van der Waals surface area contributed by atoms with Crippen molar-refractivity contribution in [2.45, 2.75) is 44.2 Å². The van der Waals surface area contributed by atoms with E-state index in [0.717, 1.165) is 38.1 Å². The second-order valence-electron chi connectivity index (χ2n) is 6.27. The van der Waals surface area contributed by atoms with E-state index >= 15 is 0 Å². The number of anilines is 2. The average Bonchev–Trinajstić information content (AvgIpc) is 2.92. The molecule has 1 aromatic rings. The molecule has 21 heavy (non-hydrogen) atoms. The van der Waals surface area contributed by atoms with Crippen molar-refractivity contribution in [2.75, 3.05) is 35.3 Å². The third-order valence-corrected chi connectivity index (χ3v) is 5.86. The number of nitrogens with zero attached hydrogens (tertiary/aromatic N) is 1. The minimum Gasteiger partial charge on any atom is -0.399 e. The third kappa shape index (κ3) is 3.32. The summed E-state index contributed by atoms with van der Waals surface area (Å²) in [4.78, 5) is 2.56. The molecular weight excluding hydrogens is 280 g/mol. The first kappa shape index (κ1) is 15.0. The molecule has 1 spiro atoms. The van der Waals surface area contributed by atoms with Crippen LogP contribution >= 0.6 is 11.8 Å². The molecule has 0 aliphatic carbocycles. The largest absolute Gasteiger partial charge is 0.399 e. The lowest BCUT2D eigenvalue weighted by Gasteiger charge is -2.43. The standard InChI is InChI=1S/C17H26N2OS/c1-2-8-19(15-5-3-4-14(18)11-15)16-6-9-20-17(12-16)7-10-21-13-17/h3-5,11,16H,2,6-10,12-13,18H2,1H3. The zero-order valence-electron chi connectivity index (χ0n) is 12.9. The molecule has 0 saturated carbocycles. The fourth-order valence-corrected chi connectivity index (χ4v) is 4.98. The zero-order chi connectivity index (χ0) is 14.7. The highest BCUT2D eigenvalue weighted by atomic mass is 32.2. The molecule has 2 atom stereocenters. The van der Waals surface area contributed by atoms with Gasteiger partial charge in [0.25, 0.3) is 0 Å². The summed E-state index contributed by atoms with van der Waals surface area (Å²) in [5, 5.41) is 0. The molecule has 1 aromatic carbocycles. The van der Waals surface area contributed by atoms with Crippen molar-refractivity contribution in [3.63, 3.8) is 0 Å². The SMILES string of the molecule is CCCN(c1cccc(N)c1)C1CCOC2(CCSC2)C1. The van der Waals surface area contributed by atoms with E-state index in [1.54, 1.807) is 0 Å². The molecule has 2 aliphatic rings. The maximum Gasteiger partial charge on any atom is 0.0799 e. The van der Waals surface area contributed by atoms with Crippen molar-refractivity contribution in [1.29, 1.82) is 0 Å². The van der Waals surface area contributed by atoms with Crippen LogP contribution in [-0.2, 0) is 4.74 Å². The number of ether oxygens (including phenoxy) is 1. The number of hydrogen-bond donors (Lipinski definition) is 1. The lowest BCUT2D eigenvalue weighted by Crippen LogP contribution is -2.49. The Bertz CT molecular complexity index is 474. The van der Waals surface area contributed by atoms with E-state index in [-0.39, 0.29) is 5.60 Å². The molecule has 4 heteroatoms. The van der Waals surface area contributed by atoms with Crippen molar-refractivity contribution in [3.05, 3.63) is 24.3 Å². The minimum absolute atomic E-state index is 0.139. The summed E-state index contributed by atoms with van der Waals surface area (Å²) < 4.78 is 6.17. The van der Waals surface area contributed by atoms with Crippen molar-refractivity contribution in [3.8, 4) is 0 Å². The molecule has 116 valence electrons. The van der Waals surface area contributed by atoms with E-state index in [4.69, 9.17) is 10.5 Å². The third-order valence-electron chi connectivity index (χ3n) is 4.64. The molecule has 0 bridgehead atoms. The predicted octanol–water partition coefficient (Wildman–Crippen LogP) is 3.54. The van der Waals surface area contributed by atoms with Gasteiger partial charge in [0.05, 0.1) is 5.60 Å². The molecule has 3 nitrogen and oxygen atoms in total. The Kier molecular flexibility index (Phi) is 4.65. The van der Waals surface area contributed by atoms with Crippen molar-refractivity contribution < 1.29 is 4.74 Å². The van der Waals surface area contributed by atoms with Crippen LogP contribution in [-0.4, -0.2) is 36.3 Å².